The molecule has 0 saturated heterocycles. The van der Waals surface area contributed by atoms with E-state index in [0.29, 0.717) is 12.5 Å². The number of benzene rings is 1. The topological polar surface area (TPSA) is 69.6 Å². The molecule has 1 aromatic heterocycles. The van der Waals surface area contributed by atoms with E-state index in [1.54, 1.807) is 4.68 Å². The van der Waals surface area contributed by atoms with Crippen molar-refractivity contribution in [2.24, 2.45) is 5.92 Å². The molecule has 1 aliphatic carbocycles. The van der Waals surface area contributed by atoms with Crippen molar-refractivity contribution in [1.29, 1.82) is 0 Å². The van der Waals surface area contributed by atoms with Crippen LogP contribution in [0.4, 0.5) is 14.5 Å². The van der Waals surface area contributed by atoms with Crippen molar-refractivity contribution >= 4 is 5.69 Å². The Balaban J connectivity index is 1.97. The lowest BCUT2D eigenvalue weighted by Crippen LogP contribution is -2.19. The summed E-state index contributed by atoms with van der Waals surface area (Å²) in [6.07, 6.45) is 3.47. The highest BCUT2D eigenvalue weighted by Crippen LogP contribution is 2.30. The van der Waals surface area contributed by atoms with Gasteiger partial charge >= 0.3 is 0 Å². The maximum absolute atomic E-state index is 13.8. The van der Waals surface area contributed by atoms with E-state index in [1.165, 1.54) is 12.5 Å². The number of halogens is 2. The minimum atomic E-state index is -0.778. The highest BCUT2D eigenvalue weighted by atomic mass is 19.1. The first-order valence-corrected chi connectivity index (χ1v) is 6.16. The second-order valence-electron chi connectivity index (χ2n) is 4.84. The van der Waals surface area contributed by atoms with Gasteiger partial charge in [0.1, 0.15) is 11.6 Å². The van der Waals surface area contributed by atoms with Crippen molar-refractivity contribution in [3.05, 3.63) is 23.8 Å². The van der Waals surface area contributed by atoms with E-state index >= 15 is 0 Å². The molecule has 19 heavy (non-hydrogen) atoms. The molecule has 2 N–H and O–H groups in total. The maximum atomic E-state index is 13.8. The molecule has 3 rings (SSSR count). The fourth-order valence-corrected chi connectivity index (χ4v) is 2.18. The van der Waals surface area contributed by atoms with E-state index in [-0.39, 0.29) is 17.1 Å². The van der Waals surface area contributed by atoms with E-state index in [9.17, 15) is 8.78 Å². The van der Waals surface area contributed by atoms with Crippen molar-refractivity contribution in [1.82, 2.24) is 20.2 Å². The fraction of sp³-hybridized carbons (Fsp3) is 0.417. The van der Waals surface area contributed by atoms with Crippen molar-refractivity contribution in [3.8, 4) is 11.4 Å². The molecule has 1 saturated carbocycles. The lowest BCUT2D eigenvalue weighted by molar-refractivity contribution is 0.265. The molecule has 7 heteroatoms. The Morgan fingerprint density at radius 3 is 2.74 bits per heavy atom. The molecule has 100 valence electrons. The van der Waals surface area contributed by atoms with Gasteiger partial charge in [-0.2, -0.15) is 0 Å². The average molecular weight is 265 g/mol. The molecule has 1 aromatic carbocycles. The number of hydrogen-bond donors (Lipinski definition) is 1. The van der Waals surface area contributed by atoms with Gasteiger partial charge in [-0.1, -0.05) is 6.42 Å². The minimum Gasteiger partial charge on any atom is -0.396 e. The van der Waals surface area contributed by atoms with Gasteiger partial charge in [-0.05, 0) is 35.3 Å². The van der Waals surface area contributed by atoms with Gasteiger partial charge in [-0.25, -0.2) is 13.5 Å². The van der Waals surface area contributed by atoms with Crippen molar-refractivity contribution < 1.29 is 8.78 Å². The molecular weight excluding hydrogens is 252 g/mol. The molecule has 0 bridgehead atoms. The second kappa shape index (κ2) is 4.56. The van der Waals surface area contributed by atoms with Gasteiger partial charge in [-0.3, -0.25) is 0 Å². The van der Waals surface area contributed by atoms with Gasteiger partial charge in [0.2, 0.25) is 0 Å². The van der Waals surface area contributed by atoms with Gasteiger partial charge in [0.05, 0.1) is 11.3 Å². The zero-order valence-corrected chi connectivity index (χ0v) is 10.2. The van der Waals surface area contributed by atoms with Crippen LogP contribution in [0.15, 0.2) is 12.1 Å². The summed E-state index contributed by atoms with van der Waals surface area (Å²) in [6, 6.07) is 1.99. The lowest BCUT2D eigenvalue weighted by Gasteiger charge is -2.25. The van der Waals surface area contributed by atoms with Crippen LogP contribution in [0.1, 0.15) is 19.3 Å². The number of rotatable bonds is 3. The Kier molecular flexibility index (Phi) is 2.88. The third kappa shape index (κ3) is 2.16. The Bertz CT molecular complexity index is 606. The number of anilines is 1. The van der Waals surface area contributed by atoms with E-state index in [2.05, 4.69) is 15.5 Å². The zero-order valence-electron chi connectivity index (χ0n) is 10.2. The lowest BCUT2D eigenvalue weighted by atomic mass is 9.85. The SMILES string of the molecule is Nc1cc(-c2nnnn2CC2CCC2)c(F)cc1F. The van der Waals surface area contributed by atoms with Crippen LogP contribution in [0.5, 0.6) is 0 Å². The fourth-order valence-electron chi connectivity index (χ4n) is 2.18. The first kappa shape index (κ1) is 12.0. The zero-order chi connectivity index (χ0) is 13.4. The van der Waals surface area contributed by atoms with Crippen molar-refractivity contribution in [2.45, 2.75) is 25.8 Å². The smallest absolute Gasteiger partial charge is 0.185 e. The summed E-state index contributed by atoms with van der Waals surface area (Å²) >= 11 is 0. The number of hydrogen-bond acceptors (Lipinski definition) is 4. The monoisotopic (exact) mass is 265 g/mol. The van der Waals surface area contributed by atoms with Crippen LogP contribution >= 0.6 is 0 Å². The van der Waals surface area contributed by atoms with Crippen molar-refractivity contribution in [3.63, 3.8) is 0 Å². The Morgan fingerprint density at radius 2 is 2.05 bits per heavy atom. The summed E-state index contributed by atoms with van der Waals surface area (Å²) in [5.74, 6) is -0.671. The standard InChI is InChI=1S/C12H13F2N5/c13-9-5-10(14)11(15)4-8(9)12-16-17-18-19(12)6-7-2-1-3-7/h4-5,7H,1-3,6,15H2. The number of nitrogen functional groups attached to an aromatic ring is 1. The minimum absolute atomic E-state index is 0.116. The van der Waals surface area contributed by atoms with E-state index in [4.69, 9.17) is 5.73 Å². The quantitative estimate of drug-likeness (QED) is 0.862. The maximum Gasteiger partial charge on any atom is 0.185 e. The number of aromatic nitrogens is 4. The molecule has 1 heterocycles. The predicted molar refractivity (Wildman–Crippen MR) is 64.9 cm³/mol. The summed E-state index contributed by atoms with van der Waals surface area (Å²) in [5, 5.41) is 11.2. The average Bonchev–Trinajstić information content (AvgIpc) is 2.76. The Morgan fingerprint density at radius 1 is 1.26 bits per heavy atom. The molecule has 0 amide bonds. The van der Waals surface area contributed by atoms with Gasteiger partial charge in [0, 0.05) is 12.6 Å². The van der Waals surface area contributed by atoms with E-state index < -0.39 is 11.6 Å². The molecule has 0 spiro atoms. The molecule has 1 aliphatic rings. The van der Waals surface area contributed by atoms with Crippen LogP contribution < -0.4 is 5.73 Å². The van der Waals surface area contributed by atoms with E-state index in [0.717, 1.165) is 18.9 Å². The molecule has 0 aliphatic heterocycles. The predicted octanol–water partition coefficient (Wildman–Crippen LogP) is 2.00. The van der Waals surface area contributed by atoms with Crippen LogP contribution in [0, 0.1) is 17.6 Å². The van der Waals surface area contributed by atoms with Crippen LogP contribution in [-0.4, -0.2) is 20.2 Å². The summed E-state index contributed by atoms with van der Waals surface area (Å²) in [4.78, 5) is 0. The van der Waals surface area contributed by atoms with Gasteiger partial charge in [0.15, 0.2) is 5.82 Å². The summed E-state index contributed by atoms with van der Waals surface area (Å²) < 4.78 is 28.5. The largest absolute Gasteiger partial charge is 0.396 e. The van der Waals surface area contributed by atoms with Crippen molar-refractivity contribution in [2.75, 3.05) is 5.73 Å². The second-order valence-corrected chi connectivity index (χ2v) is 4.84. The molecule has 0 unspecified atom stereocenters. The number of nitrogens with zero attached hydrogens (tertiary/aromatic N) is 4. The Labute approximate surface area is 108 Å². The van der Waals surface area contributed by atoms with Gasteiger partial charge in [-0.15, -0.1) is 5.10 Å². The third-order valence-corrected chi connectivity index (χ3v) is 3.52. The van der Waals surface area contributed by atoms with Crippen LogP contribution in [0.2, 0.25) is 0 Å². The highest BCUT2D eigenvalue weighted by molar-refractivity contribution is 5.62. The highest BCUT2D eigenvalue weighted by Gasteiger charge is 2.22. The molecule has 5 nitrogen and oxygen atoms in total. The first-order valence-electron chi connectivity index (χ1n) is 6.16. The molecule has 0 radical (unpaired) electrons. The number of nitrogens with two attached hydrogens (primary N) is 1. The Hall–Kier alpha value is -2.05. The van der Waals surface area contributed by atoms with Crippen LogP contribution in [0.3, 0.4) is 0 Å². The summed E-state index contributed by atoms with van der Waals surface area (Å²) in [7, 11) is 0. The number of tetrazole rings is 1. The molecular formula is C12H13F2N5. The summed E-state index contributed by atoms with van der Waals surface area (Å²) in [5.41, 5.74) is 5.48. The molecule has 0 atom stereocenters. The third-order valence-electron chi connectivity index (χ3n) is 3.52. The molecule has 1 fully saturated rings. The normalized spacial score (nSPS) is 15.5. The summed E-state index contributed by atoms with van der Waals surface area (Å²) in [6.45, 7) is 0.652. The van der Waals surface area contributed by atoms with E-state index in [1.807, 2.05) is 0 Å². The van der Waals surface area contributed by atoms with Gasteiger partial charge in [0.25, 0.3) is 0 Å². The van der Waals surface area contributed by atoms with Gasteiger partial charge < -0.3 is 5.73 Å². The van der Waals surface area contributed by atoms with Crippen LogP contribution in [0.25, 0.3) is 11.4 Å². The molecule has 2 aromatic rings. The van der Waals surface area contributed by atoms with Crippen LogP contribution in [-0.2, 0) is 6.54 Å². The first-order chi connectivity index (χ1) is 9.15.